The highest BCUT2D eigenvalue weighted by Gasteiger charge is 2.38. The van der Waals surface area contributed by atoms with E-state index >= 15 is 0 Å². The van der Waals surface area contributed by atoms with Gasteiger partial charge in [0, 0.05) is 11.1 Å². The number of benzene rings is 1. The van der Waals surface area contributed by atoms with Gasteiger partial charge in [0.25, 0.3) is 0 Å². The van der Waals surface area contributed by atoms with Gasteiger partial charge >= 0.3 is 11.9 Å². The smallest absolute Gasteiger partial charge is 0.359 e. The summed E-state index contributed by atoms with van der Waals surface area (Å²) < 4.78 is 22.3. The average Bonchev–Trinajstić information content (AvgIpc) is 2.75. The molecular weight excluding hydrogens is 391 g/mol. The van der Waals surface area contributed by atoms with Gasteiger partial charge in [-0.1, -0.05) is 30.3 Å². The van der Waals surface area contributed by atoms with Crippen LogP contribution in [0.2, 0.25) is 0 Å². The summed E-state index contributed by atoms with van der Waals surface area (Å²) in [6, 6.07) is 7.84. The monoisotopic (exact) mass is 410 g/mol. The summed E-state index contributed by atoms with van der Waals surface area (Å²) >= 11 is 0. The number of methoxy groups -OCH3 is 2. The Kier molecular flexibility index (Phi) is 7.29. The second kappa shape index (κ2) is 9.47. The fraction of sp³-hybridized carbons (Fsp3) is 0.333. The minimum Gasteiger partial charge on any atom is -0.464 e. The van der Waals surface area contributed by atoms with E-state index in [1.807, 2.05) is 0 Å². The standard InChI is InChI=1S/C18H19FN2O8/c1-28-17(26)11-9(8-6-4-3-5-7-8)10(12(21-20-11)18(27)29-2)13(22)14(23)15(24)16(19)25/h3-7,13-16,22-25H,1-2H3. The van der Waals surface area contributed by atoms with Crippen LogP contribution in [0.1, 0.15) is 32.6 Å². The van der Waals surface area contributed by atoms with Gasteiger partial charge in [0.1, 0.15) is 18.3 Å². The first-order chi connectivity index (χ1) is 13.7. The van der Waals surface area contributed by atoms with Crippen molar-refractivity contribution in [3.8, 4) is 11.1 Å². The highest BCUT2D eigenvalue weighted by Crippen LogP contribution is 2.35. The van der Waals surface area contributed by atoms with Gasteiger partial charge in [0.2, 0.25) is 6.36 Å². The van der Waals surface area contributed by atoms with E-state index in [0.29, 0.717) is 0 Å². The molecule has 4 N–H and O–H groups in total. The van der Waals surface area contributed by atoms with Crippen molar-refractivity contribution in [3.63, 3.8) is 0 Å². The van der Waals surface area contributed by atoms with Crippen molar-refractivity contribution in [2.75, 3.05) is 14.2 Å². The normalized spacial score (nSPS) is 15.1. The van der Waals surface area contributed by atoms with Gasteiger partial charge in [0.05, 0.1) is 14.2 Å². The molecule has 2 aromatic rings. The lowest BCUT2D eigenvalue weighted by atomic mass is 9.90. The molecule has 10 nitrogen and oxygen atoms in total. The second-order valence-corrected chi connectivity index (χ2v) is 5.83. The van der Waals surface area contributed by atoms with Gasteiger partial charge in [0.15, 0.2) is 11.4 Å². The maximum Gasteiger partial charge on any atom is 0.359 e. The average molecular weight is 410 g/mol. The van der Waals surface area contributed by atoms with Gasteiger partial charge in [-0.05, 0) is 5.56 Å². The molecule has 0 aliphatic heterocycles. The Morgan fingerprint density at radius 2 is 1.41 bits per heavy atom. The fourth-order valence-electron chi connectivity index (χ4n) is 2.64. The van der Waals surface area contributed by atoms with Crippen molar-refractivity contribution < 1.29 is 43.9 Å². The van der Waals surface area contributed by atoms with Crippen LogP contribution in [0, 0.1) is 0 Å². The zero-order chi connectivity index (χ0) is 21.7. The third kappa shape index (κ3) is 4.54. The molecule has 0 fully saturated rings. The van der Waals surface area contributed by atoms with E-state index in [4.69, 9.17) is 5.11 Å². The van der Waals surface area contributed by atoms with Crippen molar-refractivity contribution in [2.24, 2.45) is 0 Å². The number of aliphatic hydroxyl groups is 4. The number of carbonyl (C=O) groups is 2. The Balaban J connectivity index is 2.85. The number of alkyl halides is 1. The molecule has 2 rings (SSSR count). The summed E-state index contributed by atoms with van der Waals surface area (Å²) in [5.74, 6) is -2.05. The molecule has 0 aliphatic rings. The molecule has 1 heterocycles. The highest BCUT2D eigenvalue weighted by molar-refractivity contribution is 5.99. The Morgan fingerprint density at radius 1 is 0.897 bits per heavy atom. The zero-order valence-electron chi connectivity index (χ0n) is 15.4. The third-order valence-electron chi connectivity index (χ3n) is 4.08. The van der Waals surface area contributed by atoms with Crippen molar-refractivity contribution in [1.29, 1.82) is 0 Å². The summed E-state index contributed by atoms with van der Waals surface area (Å²) in [5, 5.41) is 46.5. The first-order valence-corrected chi connectivity index (χ1v) is 8.23. The maximum absolute atomic E-state index is 13.1. The molecule has 0 aliphatic carbocycles. The minimum atomic E-state index is -2.89. The van der Waals surface area contributed by atoms with Gasteiger partial charge in [-0.25, -0.2) is 14.0 Å². The minimum absolute atomic E-state index is 0.153. The van der Waals surface area contributed by atoms with Crippen LogP contribution < -0.4 is 0 Å². The Hall–Kier alpha value is -2.99. The van der Waals surface area contributed by atoms with Crippen LogP contribution in [0.5, 0.6) is 0 Å². The molecule has 0 saturated heterocycles. The van der Waals surface area contributed by atoms with E-state index in [0.717, 1.165) is 14.2 Å². The Bertz CT molecular complexity index is 878. The molecule has 11 heteroatoms. The lowest BCUT2D eigenvalue weighted by Gasteiger charge is -2.26. The summed E-state index contributed by atoms with van der Waals surface area (Å²) in [5.41, 5.74) is -1.36. The number of carbonyl (C=O) groups excluding carboxylic acids is 2. The fourth-order valence-corrected chi connectivity index (χ4v) is 2.64. The summed E-state index contributed by atoms with van der Waals surface area (Å²) in [6.07, 6.45) is -9.78. The molecule has 4 atom stereocenters. The van der Waals surface area contributed by atoms with Crippen LogP contribution in [-0.2, 0) is 9.47 Å². The summed E-state index contributed by atoms with van der Waals surface area (Å²) in [7, 11) is 2.09. The van der Waals surface area contributed by atoms with Crippen LogP contribution in [-0.4, -0.2) is 75.3 Å². The van der Waals surface area contributed by atoms with Crippen molar-refractivity contribution in [2.45, 2.75) is 24.7 Å². The van der Waals surface area contributed by atoms with Crippen LogP contribution in [0.15, 0.2) is 30.3 Å². The van der Waals surface area contributed by atoms with E-state index in [9.17, 15) is 29.3 Å². The second-order valence-electron chi connectivity index (χ2n) is 5.83. The van der Waals surface area contributed by atoms with Crippen LogP contribution in [0.4, 0.5) is 4.39 Å². The molecule has 1 aromatic heterocycles. The molecule has 0 bridgehead atoms. The predicted molar refractivity (Wildman–Crippen MR) is 94.2 cm³/mol. The van der Waals surface area contributed by atoms with E-state index in [2.05, 4.69) is 19.7 Å². The third-order valence-corrected chi connectivity index (χ3v) is 4.08. The Morgan fingerprint density at radius 3 is 1.93 bits per heavy atom. The zero-order valence-corrected chi connectivity index (χ0v) is 15.4. The first kappa shape index (κ1) is 22.3. The number of rotatable bonds is 7. The number of hydrogen-bond acceptors (Lipinski definition) is 10. The number of nitrogens with zero attached hydrogens (tertiary/aromatic N) is 2. The summed E-state index contributed by atoms with van der Waals surface area (Å²) in [4.78, 5) is 24.4. The van der Waals surface area contributed by atoms with Crippen LogP contribution >= 0.6 is 0 Å². The summed E-state index contributed by atoms with van der Waals surface area (Å²) in [6.45, 7) is 0. The molecule has 29 heavy (non-hydrogen) atoms. The largest absolute Gasteiger partial charge is 0.464 e. The molecule has 1 aromatic carbocycles. The highest BCUT2D eigenvalue weighted by atomic mass is 19.1. The van der Waals surface area contributed by atoms with E-state index in [-0.39, 0.29) is 11.1 Å². The van der Waals surface area contributed by atoms with Gasteiger partial charge in [-0.2, -0.15) is 0 Å². The molecule has 0 radical (unpaired) electrons. The number of ether oxygens (including phenoxy) is 2. The number of halogens is 1. The van der Waals surface area contributed by atoms with Gasteiger partial charge in [-0.3, -0.25) is 0 Å². The van der Waals surface area contributed by atoms with Crippen LogP contribution in [0.3, 0.4) is 0 Å². The number of esters is 2. The van der Waals surface area contributed by atoms with Gasteiger partial charge in [-0.15, -0.1) is 10.2 Å². The SMILES string of the molecule is COC(=O)c1nnc(C(=O)OC)c(C(O)C(O)C(O)C(O)F)c1-c1ccccc1. The van der Waals surface area contributed by atoms with Crippen molar-refractivity contribution in [3.05, 3.63) is 47.3 Å². The quantitative estimate of drug-likeness (QED) is 0.449. The lowest BCUT2D eigenvalue weighted by Crippen LogP contribution is -2.40. The van der Waals surface area contributed by atoms with Crippen molar-refractivity contribution >= 4 is 11.9 Å². The molecule has 0 amide bonds. The van der Waals surface area contributed by atoms with E-state index in [1.165, 1.54) is 12.1 Å². The van der Waals surface area contributed by atoms with E-state index < -0.39 is 53.6 Å². The number of aromatic nitrogens is 2. The van der Waals surface area contributed by atoms with E-state index in [1.54, 1.807) is 18.2 Å². The molecule has 0 saturated carbocycles. The lowest BCUT2D eigenvalue weighted by molar-refractivity contribution is -0.145. The maximum atomic E-state index is 13.1. The Labute approximate surface area is 164 Å². The van der Waals surface area contributed by atoms with Crippen LogP contribution in [0.25, 0.3) is 11.1 Å². The molecular formula is C18H19FN2O8. The van der Waals surface area contributed by atoms with Gasteiger partial charge < -0.3 is 29.9 Å². The number of hydrogen-bond donors (Lipinski definition) is 4. The number of aliphatic hydroxyl groups excluding tert-OH is 4. The molecule has 4 unspecified atom stereocenters. The first-order valence-electron chi connectivity index (χ1n) is 8.23. The predicted octanol–water partition coefficient (Wildman–Crippen LogP) is -0.240. The molecule has 156 valence electrons. The topological polar surface area (TPSA) is 159 Å². The van der Waals surface area contributed by atoms with Crippen molar-refractivity contribution in [1.82, 2.24) is 10.2 Å². The molecule has 0 spiro atoms.